The van der Waals surface area contributed by atoms with E-state index >= 15 is 0 Å². The first-order valence-electron chi connectivity index (χ1n) is 9.13. The van der Waals surface area contributed by atoms with Crippen LogP contribution in [0.1, 0.15) is 46.2 Å². The van der Waals surface area contributed by atoms with Gasteiger partial charge in [-0.3, -0.25) is 4.79 Å². The minimum Gasteiger partial charge on any atom is -0.331 e. The van der Waals surface area contributed by atoms with Gasteiger partial charge in [0.25, 0.3) is 5.91 Å². The van der Waals surface area contributed by atoms with Crippen molar-refractivity contribution < 1.29 is 4.79 Å². The highest BCUT2D eigenvalue weighted by molar-refractivity contribution is 5.94. The second-order valence-electron chi connectivity index (χ2n) is 6.89. The summed E-state index contributed by atoms with van der Waals surface area (Å²) in [4.78, 5) is 19.7. The van der Waals surface area contributed by atoms with Crippen LogP contribution in [0.25, 0.3) is 5.82 Å². The number of carbonyl (C=O) groups excluding carboxylic acids is 1. The highest BCUT2D eigenvalue weighted by Gasteiger charge is 2.32. The predicted molar refractivity (Wildman–Crippen MR) is 102 cm³/mol. The molecule has 1 saturated heterocycles. The van der Waals surface area contributed by atoms with Gasteiger partial charge in [-0.15, -0.1) is 0 Å². The Hall–Kier alpha value is -2.88. The van der Waals surface area contributed by atoms with E-state index in [0.29, 0.717) is 0 Å². The number of hydrogen-bond acceptors (Lipinski definition) is 2. The van der Waals surface area contributed by atoms with Crippen LogP contribution in [0.15, 0.2) is 60.8 Å². The van der Waals surface area contributed by atoms with E-state index in [9.17, 15) is 4.79 Å². The van der Waals surface area contributed by atoms with Crippen LogP contribution in [-0.2, 0) is 0 Å². The minimum atomic E-state index is 0.0626. The zero-order valence-electron chi connectivity index (χ0n) is 15.2. The van der Waals surface area contributed by atoms with Gasteiger partial charge >= 0.3 is 0 Å². The van der Waals surface area contributed by atoms with Crippen molar-refractivity contribution in [2.45, 2.75) is 32.7 Å². The van der Waals surface area contributed by atoms with Crippen LogP contribution in [0.5, 0.6) is 0 Å². The van der Waals surface area contributed by atoms with Crippen LogP contribution in [0.4, 0.5) is 0 Å². The first-order chi connectivity index (χ1) is 12.7. The maximum atomic E-state index is 13.1. The average molecular weight is 345 g/mol. The molecule has 0 saturated carbocycles. The largest absolute Gasteiger partial charge is 0.331 e. The summed E-state index contributed by atoms with van der Waals surface area (Å²) >= 11 is 0. The smallest absolute Gasteiger partial charge is 0.254 e. The molecule has 1 atom stereocenters. The average Bonchev–Trinajstić information content (AvgIpc) is 3.28. The SMILES string of the molecule is Cc1ccc(C)n1-c1ncccc1[C@@H]1CCCN1C(=O)c1ccccc1. The summed E-state index contributed by atoms with van der Waals surface area (Å²) in [7, 11) is 0. The molecule has 2 aromatic heterocycles. The Morgan fingerprint density at radius 1 is 1.00 bits per heavy atom. The van der Waals surface area contributed by atoms with Gasteiger partial charge in [0.15, 0.2) is 0 Å². The van der Waals surface area contributed by atoms with E-state index < -0.39 is 0 Å². The van der Waals surface area contributed by atoms with Crippen molar-refractivity contribution in [3.05, 3.63) is 83.3 Å². The Kier molecular flexibility index (Phi) is 4.33. The molecule has 1 aliphatic heterocycles. The maximum Gasteiger partial charge on any atom is 0.254 e. The fraction of sp³-hybridized carbons (Fsp3) is 0.273. The quantitative estimate of drug-likeness (QED) is 0.702. The first kappa shape index (κ1) is 16.6. The lowest BCUT2D eigenvalue weighted by atomic mass is 10.0. The van der Waals surface area contributed by atoms with Crippen LogP contribution >= 0.6 is 0 Å². The summed E-state index contributed by atoms with van der Waals surface area (Å²) in [5.74, 6) is 1.04. The van der Waals surface area contributed by atoms with Gasteiger partial charge in [-0.05, 0) is 57.0 Å². The number of hydrogen-bond donors (Lipinski definition) is 0. The molecular weight excluding hydrogens is 322 g/mol. The molecule has 4 rings (SSSR count). The van der Waals surface area contributed by atoms with Crippen molar-refractivity contribution in [2.24, 2.45) is 0 Å². The van der Waals surface area contributed by atoms with Crippen LogP contribution in [0.2, 0.25) is 0 Å². The van der Waals surface area contributed by atoms with Gasteiger partial charge in [0.05, 0.1) is 6.04 Å². The summed E-state index contributed by atoms with van der Waals surface area (Å²) in [5, 5.41) is 0. The molecule has 0 spiro atoms. The molecule has 132 valence electrons. The number of likely N-dealkylation sites (tertiary alicyclic amines) is 1. The molecule has 0 N–H and O–H groups in total. The molecule has 3 aromatic rings. The predicted octanol–water partition coefficient (Wildman–Crippen LogP) is 4.47. The van der Waals surface area contributed by atoms with Crippen LogP contribution < -0.4 is 0 Å². The Morgan fingerprint density at radius 2 is 1.73 bits per heavy atom. The third kappa shape index (κ3) is 2.81. The number of aryl methyl sites for hydroxylation is 2. The molecule has 1 amide bonds. The highest BCUT2D eigenvalue weighted by Crippen LogP contribution is 2.36. The van der Waals surface area contributed by atoms with E-state index in [4.69, 9.17) is 0 Å². The molecule has 1 aromatic carbocycles. The minimum absolute atomic E-state index is 0.0626. The van der Waals surface area contributed by atoms with Gasteiger partial charge in [0.1, 0.15) is 5.82 Å². The molecule has 4 heteroatoms. The molecular formula is C22H23N3O. The topological polar surface area (TPSA) is 38.1 Å². The fourth-order valence-corrected chi connectivity index (χ4v) is 3.94. The second kappa shape index (κ2) is 6.79. The summed E-state index contributed by atoms with van der Waals surface area (Å²) in [6.07, 6.45) is 3.81. The van der Waals surface area contributed by atoms with Crippen LogP contribution in [-0.4, -0.2) is 26.9 Å². The van der Waals surface area contributed by atoms with Crippen LogP contribution in [0.3, 0.4) is 0 Å². The van der Waals surface area contributed by atoms with E-state index in [0.717, 1.165) is 47.7 Å². The number of aromatic nitrogens is 2. The molecule has 3 heterocycles. The van der Waals surface area contributed by atoms with E-state index in [2.05, 4.69) is 41.6 Å². The van der Waals surface area contributed by atoms with Gasteiger partial charge in [0.2, 0.25) is 0 Å². The molecule has 0 bridgehead atoms. The van der Waals surface area contributed by atoms with E-state index in [1.54, 1.807) is 0 Å². The number of pyridine rings is 1. The van der Waals surface area contributed by atoms with E-state index in [1.165, 1.54) is 0 Å². The molecule has 0 unspecified atom stereocenters. The van der Waals surface area contributed by atoms with Crippen LogP contribution in [0, 0.1) is 13.8 Å². The lowest BCUT2D eigenvalue weighted by Gasteiger charge is -2.27. The lowest BCUT2D eigenvalue weighted by Crippen LogP contribution is -2.31. The monoisotopic (exact) mass is 345 g/mol. The van der Waals surface area contributed by atoms with Gasteiger partial charge in [-0.1, -0.05) is 24.3 Å². The van der Waals surface area contributed by atoms with E-state index in [-0.39, 0.29) is 11.9 Å². The standard InChI is InChI=1S/C22H23N3O/c1-16-12-13-17(2)25(16)21-19(10-6-14-23-21)20-11-7-15-24(20)22(26)18-8-4-3-5-9-18/h3-6,8-10,12-14,20H,7,11,15H2,1-2H3/t20-/m0/s1. The lowest BCUT2D eigenvalue weighted by molar-refractivity contribution is 0.0735. The van der Waals surface area contributed by atoms with Gasteiger partial charge < -0.3 is 9.47 Å². The Morgan fingerprint density at radius 3 is 2.46 bits per heavy atom. The van der Waals surface area contributed by atoms with Gasteiger partial charge in [0, 0.05) is 35.3 Å². The maximum absolute atomic E-state index is 13.1. The molecule has 1 aliphatic rings. The molecule has 1 fully saturated rings. The van der Waals surface area contributed by atoms with Crippen molar-refractivity contribution in [1.82, 2.24) is 14.5 Å². The number of benzene rings is 1. The molecule has 4 nitrogen and oxygen atoms in total. The highest BCUT2D eigenvalue weighted by atomic mass is 16.2. The zero-order valence-corrected chi connectivity index (χ0v) is 15.2. The van der Waals surface area contributed by atoms with Crippen molar-refractivity contribution in [3.8, 4) is 5.82 Å². The number of carbonyl (C=O) groups is 1. The number of amides is 1. The number of nitrogens with zero attached hydrogens (tertiary/aromatic N) is 3. The summed E-state index contributed by atoms with van der Waals surface area (Å²) < 4.78 is 2.18. The van der Waals surface area contributed by atoms with Gasteiger partial charge in [-0.25, -0.2) is 4.98 Å². The Bertz CT molecular complexity index is 910. The summed E-state index contributed by atoms with van der Waals surface area (Å²) in [6, 6.07) is 17.9. The second-order valence-corrected chi connectivity index (χ2v) is 6.89. The third-order valence-corrected chi connectivity index (χ3v) is 5.19. The first-order valence-corrected chi connectivity index (χ1v) is 9.13. The zero-order chi connectivity index (χ0) is 18.1. The van der Waals surface area contributed by atoms with Crippen molar-refractivity contribution in [1.29, 1.82) is 0 Å². The van der Waals surface area contributed by atoms with Crippen molar-refractivity contribution in [3.63, 3.8) is 0 Å². The van der Waals surface area contributed by atoms with E-state index in [1.807, 2.05) is 47.5 Å². The van der Waals surface area contributed by atoms with Gasteiger partial charge in [-0.2, -0.15) is 0 Å². The fourth-order valence-electron chi connectivity index (χ4n) is 3.94. The normalized spacial score (nSPS) is 16.8. The summed E-state index contributed by atoms with van der Waals surface area (Å²) in [5.41, 5.74) is 4.18. The molecule has 26 heavy (non-hydrogen) atoms. The summed E-state index contributed by atoms with van der Waals surface area (Å²) in [6.45, 7) is 4.97. The molecule has 0 aliphatic carbocycles. The Labute approximate surface area is 154 Å². The molecule has 0 radical (unpaired) electrons. The Balaban J connectivity index is 1.75. The van der Waals surface area contributed by atoms with Crippen molar-refractivity contribution >= 4 is 5.91 Å². The van der Waals surface area contributed by atoms with Crippen molar-refractivity contribution in [2.75, 3.05) is 6.54 Å². The third-order valence-electron chi connectivity index (χ3n) is 5.19. The number of rotatable bonds is 3.